The molecule has 0 spiro atoms. The van der Waals surface area contributed by atoms with E-state index in [0.29, 0.717) is 5.75 Å². The standard InChI is InChI=1S/C20H17NO3/c1-14(22)24-19-10-3-15(4-11-19)17-7-12-20(21-13-17)16-5-8-18(23-2)9-6-16/h3-13H,1-2H3. The van der Waals surface area contributed by atoms with Gasteiger partial charge in [-0.1, -0.05) is 18.2 Å². The van der Waals surface area contributed by atoms with Gasteiger partial charge >= 0.3 is 5.97 Å². The fraction of sp³-hybridized carbons (Fsp3) is 0.100. The molecule has 0 unspecified atom stereocenters. The number of nitrogens with zero attached hydrogens (tertiary/aromatic N) is 1. The molecular formula is C20H17NO3. The van der Waals surface area contributed by atoms with E-state index in [4.69, 9.17) is 9.47 Å². The SMILES string of the molecule is COc1ccc(-c2ccc(-c3ccc(OC(C)=O)cc3)cn2)cc1. The molecule has 4 heteroatoms. The zero-order valence-corrected chi connectivity index (χ0v) is 13.5. The number of carbonyl (C=O) groups is 1. The summed E-state index contributed by atoms with van der Waals surface area (Å²) in [4.78, 5) is 15.5. The summed E-state index contributed by atoms with van der Waals surface area (Å²) >= 11 is 0. The summed E-state index contributed by atoms with van der Waals surface area (Å²) in [5.41, 5.74) is 3.95. The molecule has 0 N–H and O–H groups in total. The highest BCUT2D eigenvalue weighted by Crippen LogP contribution is 2.25. The van der Waals surface area contributed by atoms with Crippen molar-refractivity contribution in [2.45, 2.75) is 6.92 Å². The van der Waals surface area contributed by atoms with Gasteiger partial charge in [0.2, 0.25) is 0 Å². The van der Waals surface area contributed by atoms with Gasteiger partial charge in [-0.2, -0.15) is 0 Å². The van der Waals surface area contributed by atoms with E-state index in [-0.39, 0.29) is 5.97 Å². The Morgan fingerprint density at radius 3 is 1.92 bits per heavy atom. The fourth-order valence-electron chi connectivity index (χ4n) is 2.38. The lowest BCUT2D eigenvalue weighted by molar-refractivity contribution is -0.131. The van der Waals surface area contributed by atoms with Crippen molar-refractivity contribution in [3.63, 3.8) is 0 Å². The molecule has 0 saturated carbocycles. The van der Waals surface area contributed by atoms with E-state index >= 15 is 0 Å². The van der Waals surface area contributed by atoms with Crippen LogP contribution in [0.25, 0.3) is 22.4 Å². The summed E-state index contributed by atoms with van der Waals surface area (Å²) in [6.07, 6.45) is 1.83. The topological polar surface area (TPSA) is 48.4 Å². The van der Waals surface area contributed by atoms with Gasteiger partial charge < -0.3 is 9.47 Å². The average Bonchev–Trinajstić information content (AvgIpc) is 2.62. The number of aromatic nitrogens is 1. The van der Waals surface area contributed by atoms with Crippen molar-refractivity contribution in [1.29, 1.82) is 0 Å². The van der Waals surface area contributed by atoms with Gasteiger partial charge in [-0.15, -0.1) is 0 Å². The normalized spacial score (nSPS) is 10.2. The number of hydrogen-bond acceptors (Lipinski definition) is 4. The predicted octanol–water partition coefficient (Wildman–Crippen LogP) is 4.35. The average molecular weight is 319 g/mol. The molecule has 0 radical (unpaired) electrons. The molecule has 0 aliphatic heterocycles. The minimum Gasteiger partial charge on any atom is -0.497 e. The molecule has 0 aliphatic rings. The van der Waals surface area contributed by atoms with Crippen LogP contribution in [0.15, 0.2) is 66.9 Å². The molecule has 0 bridgehead atoms. The van der Waals surface area contributed by atoms with Gasteiger partial charge in [-0.05, 0) is 48.0 Å². The van der Waals surface area contributed by atoms with E-state index in [2.05, 4.69) is 4.98 Å². The summed E-state index contributed by atoms with van der Waals surface area (Å²) < 4.78 is 10.2. The number of rotatable bonds is 4. The van der Waals surface area contributed by atoms with Crippen LogP contribution in [0.3, 0.4) is 0 Å². The van der Waals surface area contributed by atoms with Crippen molar-refractivity contribution in [1.82, 2.24) is 4.98 Å². The molecular weight excluding hydrogens is 302 g/mol. The van der Waals surface area contributed by atoms with Crippen LogP contribution in [-0.4, -0.2) is 18.1 Å². The quantitative estimate of drug-likeness (QED) is 0.530. The molecule has 0 amide bonds. The second kappa shape index (κ2) is 6.96. The van der Waals surface area contributed by atoms with E-state index < -0.39 is 0 Å². The van der Waals surface area contributed by atoms with E-state index in [1.807, 2.05) is 54.7 Å². The monoisotopic (exact) mass is 319 g/mol. The number of ether oxygens (including phenoxy) is 2. The van der Waals surface area contributed by atoms with E-state index in [1.165, 1.54) is 6.92 Å². The lowest BCUT2D eigenvalue weighted by atomic mass is 10.1. The van der Waals surface area contributed by atoms with Crippen LogP contribution in [0.4, 0.5) is 0 Å². The zero-order chi connectivity index (χ0) is 16.9. The highest BCUT2D eigenvalue weighted by Gasteiger charge is 2.04. The summed E-state index contributed by atoms with van der Waals surface area (Å²) in [6.45, 7) is 1.38. The Morgan fingerprint density at radius 2 is 1.38 bits per heavy atom. The summed E-state index contributed by atoms with van der Waals surface area (Å²) in [6, 6.07) is 19.2. The Hall–Kier alpha value is -3.14. The zero-order valence-electron chi connectivity index (χ0n) is 13.5. The Morgan fingerprint density at radius 1 is 0.792 bits per heavy atom. The molecule has 3 rings (SSSR count). The van der Waals surface area contributed by atoms with Gasteiger partial charge in [0.25, 0.3) is 0 Å². The third kappa shape index (κ3) is 3.60. The first-order chi connectivity index (χ1) is 11.7. The number of carbonyl (C=O) groups excluding carboxylic acids is 1. The van der Waals surface area contributed by atoms with Gasteiger partial charge in [-0.25, -0.2) is 0 Å². The second-order valence-corrected chi connectivity index (χ2v) is 5.28. The van der Waals surface area contributed by atoms with Crippen LogP contribution in [0, 0.1) is 0 Å². The number of benzene rings is 2. The van der Waals surface area contributed by atoms with E-state index in [9.17, 15) is 4.79 Å². The molecule has 4 nitrogen and oxygen atoms in total. The van der Waals surface area contributed by atoms with Gasteiger partial charge in [0.15, 0.2) is 0 Å². The van der Waals surface area contributed by atoms with Crippen molar-refractivity contribution >= 4 is 5.97 Å². The lowest BCUT2D eigenvalue weighted by Gasteiger charge is -2.06. The molecule has 1 heterocycles. The van der Waals surface area contributed by atoms with Crippen LogP contribution in [-0.2, 0) is 4.79 Å². The number of pyridine rings is 1. The molecule has 0 aliphatic carbocycles. The number of hydrogen-bond donors (Lipinski definition) is 0. The third-order valence-corrected chi connectivity index (χ3v) is 3.60. The van der Waals surface area contributed by atoms with Crippen LogP contribution in [0.1, 0.15) is 6.92 Å². The van der Waals surface area contributed by atoms with Crippen LogP contribution >= 0.6 is 0 Å². The van der Waals surface area contributed by atoms with Gasteiger partial charge in [0.05, 0.1) is 12.8 Å². The molecule has 0 atom stereocenters. The smallest absolute Gasteiger partial charge is 0.308 e. The van der Waals surface area contributed by atoms with Crippen molar-refractivity contribution in [2.75, 3.05) is 7.11 Å². The summed E-state index contributed by atoms with van der Waals surface area (Å²) in [7, 11) is 1.65. The minimum absolute atomic E-state index is 0.326. The number of esters is 1. The first-order valence-corrected chi connectivity index (χ1v) is 7.55. The Balaban J connectivity index is 1.79. The molecule has 120 valence electrons. The molecule has 1 aromatic heterocycles. The third-order valence-electron chi connectivity index (χ3n) is 3.60. The first kappa shape index (κ1) is 15.7. The highest BCUT2D eigenvalue weighted by atomic mass is 16.5. The Kier molecular flexibility index (Phi) is 4.57. The van der Waals surface area contributed by atoms with Gasteiger partial charge in [0.1, 0.15) is 11.5 Å². The van der Waals surface area contributed by atoms with Crippen LogP contribution < -0.4 is 9.47 Å². The molecule has 24 heavy (non-hydrogen) atoms. The second-order valence-electron chi connectivity index (χ2n) is 5.28. The molecule has 0 fully saturated rings. The van der Waals surface area contributed by atoms with Crippen molar-refractivity contribution < 1.29 is 14.3 Å². The maximum atomic E-state index is 10.9. The molecule has 3 aromatic rings. The van der Waals surface area contributed by atoms with Crippen molar-refractivity contribution in [2.24, 2.45) is 0 Å². The minimum atomic E-state index is -0.326. The van der Waals surface area contributed by atoms with E-state index in [0.717, 1.165) is 28.1 Å². The largest absolute Gasteiger partial charge is 0.497 e. The Labute approximate surface area is 140 Å². The van der Waals surface area contributed by atoms with Gasteiger partial charge in [0, 0.05) is 24.2 Å². The predicted molar refractivity (Wildman–Crippen MR) is 93.0 cm³/mol. The van der Waals surface area contributed by atoms with Crippen molar-refractivity contribution in [3.05, 3.63) is 66.9 Å². The molecule has 0 saturated heterocycles. The summed E-state index contributed by atoms with van der Waals surface area (Å²) in [5.74, 6) is 1.03. The lowest BCUT2D eigenvalue weighted by Crippen LogP contribution is -2.00. The number of methoxy groups -OCH3 is 1. The van der Waals surface area contributed by atoms with E-state index in [1.54, 1.807) is 19.2 Å². The fourth-order valence-corrected chi connectivity index (χ4v) is 2.38. The van der Waals surface area contributed by atoms with Crippen LogP contribution in [0.2, 0.25) is 0 Å². The highest BCUT2D eigenvalue weighted by molar-refractivity contribution is 5.71. The first-order valence-electron chi connectivity index (χ1n) is 7.55. The Bertz CT molecular complexity index is 822. The molecule has 2 aromatic carbocycles. The maximum Gasteiger partial charge on any atom is 0.308 e. The van der Waals surface area contributed by atoms with Gasteiger partial charge in [-0.3, -0.25) is 9.78 Å². The van der Waals surface area contributed by atoms with Crippen LogP contribution in [0.5, 0.6) is 11.5 Å². The van der Waals surface area contributed by atoms with Crippen molar-refractivity contribution in [3.8, 4) is 33.9 Å². The maximum absolute atomic E-state index is 10.9. The summed E-state index contributed by atoms with van der Waals surface area (Å²) in [5, 5.41) is 0.